The van der Waals surface area contributed by atoms with Crippen LogP contribution in [0.15, 0.2) is 42.5 Å². The molecule has 3 aromatic rings. The summed E-state index contributed by atoms with van der Waals surface area (Å²) in [5.41, 5.74) is 2.85. The number of fused-ring (bicyclic) bond motifs is 2. The number of aromatic nitrogens is 1. The standard InChI is InChI=1S/C14H11NO/c1-9-6-11(16)8-14-12(9)7-10-4-2-3-5-13(10)15-14/h2-8,16H,1H3. The molecule has 16 heavy (non-hydrogen) atoms. The third-order valence-electron chi connectivity index (χ3n) is 2.83. The van der Waals surface area contributed by atoms with E-state index < -0.39 is 0 Å². The summed E-state index contributed by atoms with van der Waals surface area (Å²) in [5.74, 6) is 0.271. The van der Waals surface area contributed by atoms with Gasteiger partial charge in [-0.3, -0.25) is 0 Å². The van der Waals surface area contributed by atoms with Gasteiger partial charge in [-0.2, -0.15) is 0 Å². The van der Waals surface area contributed by atoms with Crippen molar-refractivity contribution in [3.05, 3.63) is 48.0 Å². The van der Waals surface area contributed by atoms with Crippen molar-refractivity contribution in [3.8, 4) is 5.75 Å². The number of hydrogen-bond donors (Lipinski definition) is 1. The lowest BCUT2D eigenvalue weighted by atomic mass is 10.1. The Kier molecular flexibility index (Phi) is 1.83. The van der Waals surface area contributed by atoms with Gasteiger partial charge in [0.15, 0.2) is 0 Å². The maximum Gasteiger partial charge on any atom is 0.118 e. The van der Waals surface area contributed by atoms with Crippen molar-refractivity contribution in [2.45, 2.75) is 6.92 Å². The van der Waals surface area contributed by atoms with E-state index in [1.807, 2.05) is 31.2 Å². The van der Waals surface area contributed by atoms with Gasteiger partial charge in [-0.25, -0.2) is 4.98 Å². The van der Waals surface area contributed by atoms with Crippen molar-refractivity contribution in [1.29, 1.82) is 0 Å². The molecule has 2 heteroatoms. The number of aryl methyl sites for hydroxylation is 1. The van der Waals surface area contributed by atoms with E-state index in [0.717, 1.165) is 27.4 Å². The molecule has 0 bridgehead atoms. The highest BCUT2D eigenvalue weighted by Crippen LogP contribution is 2.26. The first kappa shape index (κ1) is 9.16. The number of rotatable bonds is 0. The van der Waals surface area contributed by atoms with Crippen LogP contribution in [-0.2, 0) is 0 Å². The fourth-order valence-corrected chi connectivity index (χ4v) is 2.04. The highest BCUT2D eigenvalue weighted by Gasteiger charge is 2.03. The smallest absolute Gasteiger partial charge is 0.118 e. The van der Waals surface area contributed by atoms with Gasteiger partial charge in [0, 0.05) is 16.8 Å². The van der Waals surface area contributed by atoms with E-state index >= 15 is 0 Å². The van der Waals surface area contributed by atoms with Gasteiger partial charge in [-0.15, -0.1) is 0 Å². The summed E-state index contributed by atoms with van der Waals surface area (Å²) >= 11 is 0. The van der Waals surface area contributed by atoms with Gasteiger partial charge in [-0.05, 0) is 30.7 Å². The first-order valence-corrected chi connectivity index (χ1v) is 5.23. The van der Waals surface area contributed by atoms with Gasteiger partial charge in [-0.1, -0.05) is 18.2 Å². The summed E-state index contributed by atoms with van der Waals surface area (Å²) in [4.78, 5) is 4.54. The summed E-state index contributed by atoms with van der Waals surface area (Å²) in [6, 6.07) is 13.6. The second-order valence-electron chi connectivity index (χ2n) is 4.01. The summed E-state index contributed by atoms with van der Waals surface area (Å²) in [7, 11) is 0. The van der Waals surface area contributed by atoms with Crippen LogP contribution in [0, 0.1) is 6.92 Å². The Labute approximate surface area is 93.2 Å². The predicted octanol–water partition coefficient (Wildman–Crippen LogP) is 3.40. The quantitative estimate of drug-likeness (QED) is 0.575. The Bertz CT molecular complexity index is 689. The van der Waals surface area contributed by atoms with E-state index in [1.54, 1.807) is 12.1 Å². The fourth-order valence-electron chi connectivity index (χ4n) is 2.04. The highest BCUT2D eigenvalue weighted by atomic mass is 16.3. The molecular formula is C14H11NO. The van der Waals surface area contributed by atoms with E-state index in [2.05, 4.69) is 11.1 Å². The third kappa shape index (κ3) is 1.31. The zero-order chi connectivity index (χ0) is 11.1. The molecule has 1 aromatic heterocycles. The molecular weight excluding hydrogens is 198 g/mol. The maximum atomic E-state index is 9.54. The van der Waals surface area contributed by atoms with Crippen LogP contribution < -0.4 is 0 Å². The lowest BCUT2D eigenvalue weighted by molar-refractivity contribution is 0.475. The Balaban J connectivity index is 2.51. The Hall–Kier alpha value is -2.09. The molecule has 2 nitrogen and oxygen atoms in total. The lowest BCUT2D eigenvalue weighted by Gasteiger charge is -2.05. The van der Waals surface area contributed by atoms with Crippen LogP contribution >= 0.6 is 0 Å². The Morgan fingerprint density at radius 2 is 1.81 bits per heavy atom. The molecule has 0 saturated heterocycles. The minimum absolute atomic E-state index is 0.271. The lowest BCUT2D eigenvalue weighted by Crippen LogP contribution is -1.85. The molecule has 0 fully saturated rings. The average Bonchev–Trinajstić information content (AvgIpc) is 2.27. The van der Waals surface area contributed by atoms with E-state index in [9.17, 15) is 5.11 Å². The van der Waals surface area contributed by atoms with Crippen LogP contribution in [0.4, 0.5) is 0 Å². The van der Waals surface area contributed by atoms with Crippen molar-refractivity contribution in [3.63, 3.8) is 0 Å². The molecule has 0 aliphatic heterocycles. The molecule has 2 aromatic carbocycles. The summed E-state index contributed by atoms with van der Waals surface area (Å²) in [6.45, 7) is 1.98. The minimum atomic E-state index is 0.271. The zero-order valence-electron chi connectivity index (χ0n) is 8.94. The fraction of sp³-hybridized carbons (Fsp3) is 0.0714. The third-order valence-corrected chi connectivity index (χ3v) is 2.83. The normalized spacial score (nSPS) is 11.1. The van der Waals surface area contributed by atoms with E-state index in [4.69, 9.17) is 0 Å². The molecule has 0 radical (unpaired) electrons. The first-order chi connectivity index (χ1) is 7.74. The number of hydrogen-bond acceptors (Lipinski definition) is 2. The van der Waals surface area contributed by atoms with Gasteiger partial charge in [0.1, 0.15) is 5.75 Å². The number of phenolic OH excluding ortho intramolecular Hbond substituents is 1. The average molecular weight is 209 g/mol. The van der Waals surface area contributed by atoms with Crippen LogP contribution in [0.5, 0.6) is 5.75 Å². The van der Waals surface area contributed by atoms with Crippen molar-refractivity contribution >= 4 is 21.8 Å². The number of pyridine rings is 1. The molecule has 0 aliphatic rings. The molecule has 0 unspecified atom stereocenters. The van der Waals surface area contributed by atoms with Crippen LogP contribution in [0.2, 0.25) is 0 Å². The van der Waals surface area contributed by atoms with Gasteiger partial charge in [0.25, 0.3) is 0 Å². The molecule has 0 atom stereocenters. The topological polar surface area (TPSA) is 33.1 Å². The first-order valence-electron chi connectivity index (χ1n) is 5.23. The van der Waals surface area contributed by atoms with Crippen molar-refractivity contribution in [2.24, 2.45) is 0 Å². The second kappa shape index (κ2) is 3.20. The second-order valence-corrected chi connectivity index (χ2v) is 4.01. The van der Waals surface area contributed by atoms with Crippen molar-refractivity contribution in [1.82, 2.24) is 4.98 Å². The summed E-state index contributed by atoms with van der Waals surface area (Å²) in [6.07, 6.45) is 0. The maximum absolute atomic E-state index is 9.54. The van der Waals surface area contributed by atoms with Crippen LogP contribution in [0.3, 0.4) is 0 Å². The number of nitrogens with zero attached hydrogens (tertiary/aromatic N) is 1. The molecule has 1 heterocycles. The number of benzene rings is 2. The largest absolute Gasteiger partial charge is 0.508 e. The van der Waals surface area contributed by atoms with Crippen LogP contribution in [0.1, 0.15) is 5.56 Å². The van der Waals surface area contributed by atoms with Crippen LogP contribution in [0.25, 0.3) is 21.8 Å². The van der Waals surface area contributed by atoms with Gasteiger partial charge < -0.3 is 5.11 Å². The predicted molar refractivity (Wildman–Crippen MR) is 65.7 cm³/mol. The van der Waals surface area contributed by atoms with Crippen molar-refractivity contribution < 1.29 is 5.11 Å². The van der Waals surface area contributed by atoms with Gasteiger partial charge in [0.2, 0.25) is 0 Å². The zero-order valence-corrected chi connectivity index (χ0v) is 8.94. The molecule has 0 aliphatic carbocycles. The molecule has 0 saturated carbocycles. The van der Waals surface area contributed by atoms with Gasteiger partial charge in [0.05, 0.1) is 11.0 Å². The van der Waals surface area contributed by atoms with Crippen LogP contribution in [-0.4, -0.2) is 10.1 Å². The monoisotopic (exact) mass is 209 g/mol. The SMILES string of the molecule is Cc1cc(O)cc2nc3ccccc3cc12. The molecule has 0 spiro atoms. The van der Waals surface area contributed by atoms with E-state index in [-0.39, 0.29) is 5.75 Å². The number of phenols is 1. The number of para-hydroxylation sites is 1. The van der Waals surface area contributed by atoms with Crippen molar-refractivity contribution in [2.75, 3.05) is 0 Å². The molecule has 1 N–H and O–H groups in total. The highest BCUT2D eigenvalue weighted by molar-refractivity contribution is 5.94. The summed E-state index contributed by atoms with van der Waals surface area (Å²) in [5, 5.41) is 11.8. The van der Waals surface area contributed by atoms with E-state index in [0.29, 0.717) is 0 Å². The van der Waals surface area contributed by atoms with E-state index in [1.165, 1.54) is 0 Å². The molecule has 3 rings (SSSR count). The molecule has 78 valence electrons. The molecule has 0 amide bonds. The minimum Gasteiger partial charge on any atom is -0.508 e. The Morgan fingerprint density at radius 1 is 1.00 bits per heavy atom. The summed E-state index contributed by atoms with van der Waals surface area (Å²) < 4.78 is 0. The Morgan fingerprint density at radius 3 is 2.69 bits per heavy atom. The van der Waals surface area contributed by atoms with Gasteiger partial charge >= 0.3 is 0 Å². The number of aromatic hydroxyl groups is 1.